The molecule has 0 saturated carbocycles. The number of methoxy groups -OCH3 is 2. The second-order valence-corrected chi connectivity index (χ2v) is 6.76. The van der Waals surface area contributed by atoms with Gasteiger partial charge >= 0.3 is 0 Å². The molecule has 1 aliphatic heterocycles. The quantitative estimate of drug-likeness (QED) is 0.752. The lowest BCUT2D eigenvalue weighted by Crippen LogP contribution is -2.33. The molecule has 1 aromatic carbocycles. The Morgan fingerprint density at radius 3 is 2.75 bits per heavy atom. The molecule has 7 nitrogen and oxygen atoms in total. The maximum atomic E-state index is 12.4. The first kappa shape index (κ1) is 19.7. The molecule has 1 atom stereocenters. The number of amides is 2. The predicted molar refractivity (Wildman–Crippen MR) is 104 cm³/mol. The smallest absolute Gasteiger partial charge is 0.225 e. The zero-order valence-corrected chi connectivity index (χ0v) is 16.2. The van der Waals surface area contributed by atoms with Crippen molar-refractivity contribution >= 4 is 11.8 Å². The Morgan fingerprint density at radius 1 is 1.21 bits per heavy atom. The highest BCUT2D eigenvalue weighted by molar-refractivity contribution is 5.89. The van der Waals surface area contributed by atoms with Gasteiger partial charge in [-0.15, -0.1) is 0 Å². The highest BCUT2D eigenvalue weighted by atomic mass is 16.5. The molecule has 2 aromatic rings. The third-order valence-corrected chi connectivity index (χ3v) is 4.89. The van der Waals surface area contributed by atoms with E-state index in [1.165, 1.54) is 0 Å². The van der Waals surface area contributed by atoms with E-state index < -0.39 is 0 Å². The topological polar surface area (TPSA) is 80.8 Å². The predicted octanol–water partition coefficient (Wildman–Crippen LogP) is 1.81. The summed E-state index contributed by atoms with van der Waals surface area (Å²) in [6.45, 7) is 1.44. The van der Waals surface area contributed by atoms with Gasteiger partial charge in [0.2, 0.25) is 11.8 Å². The van der Waals surface area contributed by atoms with Gasteiger partial charge in [0.1, 0.15) is 0 Å². The molecule has 3 rings (SSSR count). The molecule has 0 spiro atoms. The van der Waals surface area contributed by atoms with Gasteiger partial charge in [-0.3, -0.25) is 14.6 Å². The van der Waals surface area contributed by atoms with Gasteiger partial charge < -0.3 is 19.7 Å². The molecular weight excluding hydrogens is 358 g/mol. The Kier molecular flexibility index (Phi) is 6.47. The van der Waals surface area contributed by atoms with Crippen molar-refractivity contribution in [3.05, 3.63) is 53.9 Å². The third kappa shape index (κ3) is 4.79. The number of nitrogens with one attached hydrogen (secondary N) is 1. The van der Waals surface area contributed by atoms with E-state index >= 15 is 0 Å². The number of carbonyl (C=O) groups excluding carboxylic acids is 2. The number of benzene rings is 1. The summed E-state index contributed by atoms with van der Waals surface area (Å²) in [4.78, 5) is 30.5. The van der Waals surface area contributed by atoms with E-state index in [9.17, 15) is 9.59 Å². The molecule has 7 heteroatoms. The van der Waals surface area contributed by atoms with Crippen molar-refractivity contribution in [3.63, 3.8) is 0 Å². The monoisotopic (exact) mass is 383 g/mol. The van der Waals surface area contributed by atoms with Crippen LogP contribution >= 0.6 is 0 Å². The van der Waals surface area contributed by atoms with E-state index in [0.717, 1.165) is 11.1 Å². The molecule has 1 aliphatic rings. The summed E-state index contributed by atoms with van der Waals surface area (Å²) in [6, 6.07) is 9.46. The van der Waals surface area contributed by atoms with E-state index in [1.54, 1.807) is 31.5 Å². The van der Waals surface area contributed by atoms with Crippen LogP contribution < -0.4 is 14.8 Å². The highest BCUT2D eigenvalue weighted by Crippen LogP contribution is 2.28. The summed E-state index contributed by atoms with van der Waals surface area (Å²) in [5, 5.41) is 2.90. The summed E-state index contributed by atoms with van der Waals surface area (Å²) in [7, 11) is 3.19. The van der Waals surface area contributed by atoms with Gasteiger partial charge in [0.15, 0.2) is 11.5 Å². The van der Waals surface area contributed by atoms with Crippen LogP contribution in [0.1, 0.15) is 17.5 Å². The number of nitrogens with zero attached hydrogens (tertiary/aromatic N) is 2. The maximum Gasteiger partial charge on any atom is 0.225 e. The molecule has 28 heavy (non-hydrogen) atoms. The Hall–Kier alpha value is -3.09. The first-order valence-electron chi connectivity index (χ1n) is 9.26. The average Bonchev–Trinajstić information content (AvgIpc) is 3.11. The minimum absolute atomic E-state index is 0.0157. The molecular formula is C21H25N3O4. The Balaban J connectivity index is 1.51. The highest BCUT2D eigenvalue weighted by Gasteiger charge is 2.33. The summed E-state index contributed by atoms with van der Waals surface area (Å²) >= 11 is 0. The van der Waals surface area contributed by atoms with Gasteiger partial charge in [0.05, 0.1) is 20.1 Å². The van der Waals surface area contributed by atoms with Gasteiger partial charge in [-0.25, -0.2) is 0 Å². The average molecular weight is 383 g/mol. The minimum atomic E-state index is -0.311. The number of ether oxygens (including phenoxy) is 2. The Labute approximate surface area is 164 Å². The number of hydrogen-bond acceptors (Lipinski definition) is 5. The molecule has 1 fully saturated rings. The lowest BCUT2D eigenvalue weighted by molar-refractivity contribution is -0.129. The van der Waals surface area contributed by atoms with Crippen LogP contribution in [-0.4, -0.2) is 49.0 Å². The van der Waals surface area contributed by atoms with Crippen molar-refractivity contribution < 1.29 is 19.1 Å². The van der Waals surface area contributed by atoms with Gasteiger partial charge in [-0.2, -0.15) is 0 Å². The van der Waals surface area contributed by atoms with Crippen LogP contribution in [0.4, 0.5) is 0 Å². The van der Waals surface area contributed by atoms with E-state index in [4.69, 9.17) is 9.47 Å². The van der Waals surface area contributed by atoms with Crippen molar-refractivity contribution in [1.29, 1.82) is 0 Å². The first-order valence-corrected chi connectivity index (χ1v) is 9.26. The largest absolute Gasteiger partial charge is 0.493 e. The van der Waals surface area contributed by atoms with E-state index in [0.29, 0.717) is 37.6 Å². The summed E-state index contributed by atoms with van der Waals surface area (Å²) in [5.74, 6) is 0.955. The number of likely N-dealkylation sites (tertiary alicyclic amines) is 1. The fourth-order valence-electron chi connectivity index (χ4n) is 3.30. The molecule has 1 aromatic heterocycles. The number of rotatable bonds is 8. The number of hydrogen-bond donors (Lipinski definition) is 1. The van der Waals surface area contributed by atoms with E-state index in [-0.39, 0.29) is 24.2 Å². The Morgan fingerprint density at radius 2 is 2.04 bits per heavy atom. The van der Waals surface area contributed by atoms with Crippen molar-refractivity contribution in [2.45, 2.75) is 19.4 Å². The lowest BCUT2D eigenvalue weighted by atomic mass is 10.1. The molecule has 1 N–H and O–H groups in total. The Bertz CT molecular complexity index is 826. The lowest BCUT2D eigenvalue weighted by Gasteiger charge is -2.17. The van der Waals surface area contributed by atoms with Crippen LogP contribution in [0, 0.1) is 5.92 Å². The van der Waals surface area contributed by atoms with Crippen molar-refractivity contribution in [2.24, 2.45) is 5.92 Å². The SMILES string of the molecule is COc1ccc(CCN2C[C@@H](C(=O)NCc3cccnc3)CC2=O)cc1OC. The minimum Gasteiger partial charge on any atom is -0.493 e. The standard InChI is InChI=1S/C21H25N3O4/c1-27-18-6-5-15(10-19(18)28-2)7-9-24-14-17(11-20(24)25)21(26)23-13-16-4-3-8-22-12-16/h3-6,8,10,12,17H,7,9,11,13-14H2,1-2H3,(H,23,26)/t17-/m0/s1. The molecule has 0 radical (unpaired) electrons. The van der Waals surface area contributed by atoms with Crippen molar-refractivity contribution in [1.82, 2.24) is 15.2 Å². The molecule has 0 aliphatic carbocycles. The fraction of sp³-hybridized carbons (Fsp3) is 0.381. The molecule has 2 amide bonds. The zero-order chi connectivity index (χ0) is 19.9. The zero-order valence-electron chi connectivity index (χ0n) is 16.2. The van der Waals surface area contributed by atoms with Gasteiger partial charge in [-0.1, -0.05) is 12.1 Å². The van der Waals surface area contributed by atoms with Crippen molar-refractivity contribution in [2.75, 3.05) is 27.3 Å². The third-order valence-electron chi connectivity index (χ3n) is 4.89. The second kappa shape index (κ2) is 9.21. The molecule has 0 unspecified atom stereocenters. The van der Waals surface area contributed by atoms with Crippen molar-refractivity contribution in [3.8, 4) is 11.5 Å². The summed E-state index contributed by atoms with van der Waals surface area (Å²) in [5.41, 5.74) is 1.99. The van der Waals surface area contributed by atoms with E-state index in [1.807, 2.05) is 30.3 Å². The van der Waals surface area contributed by atoms with Crippen LogP contribution in [-0.2, 0) is 22.6 Å². The van der Waals surface area contributed by atoms with Gasteiger partial charge in [0.25, 0.3) is 0 Å². The number of aromatic nitrogens is 1. The van der Waals surface area contributed by atoms with Gasteiger partial charge in [-0.05, 0) is 35.7 Å². The van der Waals surface area contributed by atoms with Crippen LogP contribution in [0.15, 0.2) is 42.7 Å². The van der Waals surface area contributed by atoms with Crippen LogP contribution in [0.2, 0.25) is 0 Å². The van der Waals surface area contributed by atoms with Crippen LogP contribution in [0.5, 0.6) is 11.5 Å². The molecule has 2 heterocycles. The number of carbonyl (C=O) groups is 2. The van der Waals surface area contributed by atoms with Crippen LogP contribution in [0.3, 0.4) is 0 Å². The van der Waals surface area contributed by atoms with E-state index in [2.05, 4.69) is 10.3 Å². The molecule has 148 valence electrons. The normalized spacial score (nSPS) is 16.1. The fourth-order valence-corrected chi connectivity index (χ4v) is 3.30. The molecule has 1 saturated heterocycles. The maximum absolute atomic E-state index is 12.4. The van der Waals surface area contributed by atoms with Crippen LogP contribution in [0.25, 0.3) is 0 Å². The summed E-state index contributed by atoms with van der Waals surface area (Å²) in [6.07, 6.45) is 4.35. The number of pyridine rings is 1. The van der Waals surface area contributed by atoms with Gasteiger partial charge in [0, 0.05) is 38.4 Å². The summed E-state index contributed by atoms with van der Waals surface area (Å²) < 4.78 is 10.6. The second-order valence-electron chi connectivity index (χ2n) is 6.76. The molecule has 0 bridgehead atoms. The first-order chi connectivity index (χ1) is 13.6.